The van der Waals surface area contributed by atoms with Crippen molar-refractivity contribution in [3.05, 3.63) is 4.91 Å². The molecule has 1 aliphatic heterocycles. The normalized spacial score (nSPS) is 25.7. The summed E-state index contributed by atoms with van der Waals surface area (Å²) >= 11 is 0. The molecule has 0 spiro atoms. The van der Waals surface area contributed by atoms with Crippen LogP contribution < -0.4 is 10.9 Å². The molecule has 1 heterocycles. The molecule has 1 atom stereocenters. The lowest BCUT2D eigenvalue weighted by Gasteiger charge is -2.29. The molecule has 11 heavy (non-hydrogen) atoms. The van der Waals surface area contributed by atoms with E-state index in [2.05, 4.69) is 31.6 Å². The zero-order valence-electron chi connectivity index (χ0n) is 7.35. The van der Waals surface area contributed by atoms with Gasteiger partial charge in [-0.1, -0.05) is 20.8 Å². The van der Waals surface area contributed by atoms with E-state index in [0.29, 0.717) is 4.98 Å². The van der Waals surface area contributed by atoms with E-state index < -0.39 is 0 Å². The lowest BCUT2D eigenvalue weighted by Crippen LogP contribution is -2.55. The SMILES string of the molecule is CC(C)(C)C1CCN[N+](=O)N1. The minimum absolute atomic E-state index is 0.157. The molecule has 4 nitrogen and oxygen atoms in total. The van der Waals surface area contributed by atoms with Crippen molar-refractivity contribution >= 4 is 0 Å². The number of nitroso groups, excluding NO2 is 1. The van der Waals surface area contributed by atoms with Crippen LogP contribution in [0.1, 0.15) is 27.2 Å². The van der Waals surface area contributed by atoms with Crippen LogP contribution in [-0.4, -0.2) is 17.6 Å². The van der Waals surface area contributed by atoms with Gasteiger partial charge in [0.15, 0.2) is 0 Å². The summed E-state index contributed by atoms with van der Waals surface area (Å²) in [6, 6.07) is 0.279. The van der Waals surface area contributed by atoms with Gasteiger partial charge in [-0.2, -0.15) is 0 Å². The van der Waals surface area contributed by atoms with E-state index in [1.54, 1.807) is 0 Å². The maximum absolute atomic E-state index is 10.8. The highest BCUT2D eigenvalue weighted by Crippen LogP contribution is 2.22. The molecule has 0 radical (unpaired) electrons. The highest BCUT2D eigenvalue weighted by Gasteiger charge is 2.33. The van der Waals surface area contributed by atoms with Gasteiger partial charge in [0, 0.05) is 0 Å². The van der Waals surface area contributed by atoms with Crippen LogP contribution in [0.25, 0.3) is 0 Å². The quantitative estimate of drug-likeness (QED) is 0.507. The second-order valence-electron chi connectivity index (χ2n) is 4.04. The van der Waals surface area contributed by atoms with E-state index in [9.17, 15) is 4.91 Å². The zero-order chi connectivity index (χ0) is 8.48. The van der Waals surface area contributed by atoms with Gasteiger partial charge in [0.25, 0.3) is 0 Å². The molecular formula is C7H16N3O+. The largest absolute Gasteiger partial charge is 0.246 e. The van der Waals surface area contributed by atoms with Gasteiger partial charge < -0.3 is 0 Å². The van der Waals surface area contributed by atoms with Gasteiger partial charge in [0.2, 0.25) is 4.98 Å². The molecule has 1 aliphatic rings. The van der Waals surface area contributed by atoms with Gasteiger partial charge in [-0.15, -0.1) is 10.9 Å². The smallest absolute Gasteiger partial charge is 0.123 e. The Kier molecular flexibility index (Phi) is 2.02. The van der Waals surface area contributed by atoms with Crippen molar-refractivity contribution < 1.29 is 4.98 Å². The molecule has 1 unspecified atom stereocenters. The van der Waals surface area contributed by atoms with E-state index in [0.717, 1.165) is 13.0 Å². The summed E-state index contributed by atoms with van der Waals surface area (Å²) in [6.45, 7) is 7.15. The molecule has 0 aromatic carbocycles. The molecule has 1 fully saturated rings. The van der Waals surface area contributed by atoms with Crippen molar-refractivity contribution in [2.45, 2.75) is 33.2 Å². The molecule has 1 rings (SSSR count). The average molecular weight is 158 g/mol. The second kappa shape index (κ2) is 2.68. The maximum Gasteiger partial charge on any atom is 0.246 e. The van der Waals surface area contributed by atoms with Crippen molar-refractivity contribution in [1.82, 2.24) is 10.9 Å². The Morgan fingerprint density at radius 2 is 2.09 bits per heavy atom. The van der Waals surface area contributed by atoms with Crippen LogP contribution in [0.4, 0.5) is 0 Å². The van der Waals surface area contributed by atoms with Crippen molar-refractivity contribution in [2.75, 3.05) is 6.54 Å². The van der Waals surface area contributed by atoms with Crippen molar-refractivity contribution in [1.29, 1.82) is 0 Å². The zero-order valence-corrected chi connectivity index (χ0v) is 7.35. The molecule has 0 amide bonds. The highest BCUT2D eigenvalue weighted by molar-refractivity contribution is 4.78. The Labute approximate surface area is 66.9 Å². The Bertz CT molecular complexity index is 162. The van der Waals surface area contributed by atoms with Crippen LogP contribution in [0.15, 0.2) is 0 Å². The molecule has 4 heteroatoms. The summed E-state index contributed by atoms with van der Waals surface area (Å²) < 4.78 is 0. The fourth-order valence-electron chi connectivity index (χ4n) is 1.19. The first-order valence-electron chi connectivity index (χ1n) is 3.97. The van der Waals surface area contributed by atoms with E-state index in [1.807, 2.05) is 0 Å². The second-order valence-corrected chi connectivity index (χ2v) is 4.04. The van der Waals surface area contributed by atoms with Crippen LogP contribution in [0.5, 0.6) is 0 Å². The minimum atomic E-state index is 0.157. The first-order valence-corrected chi connectivity index (χ1v) is 3.97. The average Bonchev–Trinajstić information content (AvgIpc) is 1.86. The lowest BCUT2D eigenvalue weighted by molar-refractivity contribution is -0.677. The summed E-state index contributed by atoms with van der Waals surface area (Å²) in [6.07, 6.45) is 1.00. The molecule has 1 saturated heterocycles. The summed E-state index contributed by atoms with van der Waals surface area (Å²) in [5.41, 5.74) is 5.63. The van der Waals surface area contributed by atoms with Crippen LogP contribution in [0.2, 0.25) is 0 Å². The molecule has 0 aromatic rings. The first-order chi connectivity index (χ1) is 5.00. The van der Waals surface area contributed by atoms with E-state index in [4.69, 9.17) is 0 Å². The number of nitrogens with zero attached hydrogens (tertiary/aromatic N) is 1. The van der Waals surface area contributed by atoms with Crippen LogP contribution in [0, 0.1) is 10.3 Å². The monoisotopic (exact) mass is 158 g/mol. The van der Waals surface area contributed by atoms with Crippen molar-refractivity contribution in [3.63, 3.8) is 0 Å². The molecule has 0 saturated carbocycles. The Balaban J connectivity index is 2.53. The van der Waals surface area contributed by atoms with Crippen molar-refractivity contribution in [3.8, 4) is 0 Å². The molecule has 64 valence electrons. The Hall–Kier alpha value is -0.800. The molecule has 0 bridgehead atoms. The topological polar surface area (TPSA) is 44.1 Å². The predicted octanol–water partition coefficient (Wildman–Crippen LogP) is 0.593. The van der Waals surface area contributed by atoms with Gasteiger partial charge in [-0.3, -0.25) is 0 Å². The van der Waals surface area contributed by atoms with Gasteiger partial charge in [-0.25, -0.2) is 0 Å². The number of hydrazine groups is 2. The fraction of sp³-hybridized carbons (Fsp3) is 1.00. The fourth-order valence-corrected chi connectivity index (χ4v) is 1.19. The summed E-state index contributed by atoms with van der Waals surface area (Å²) in [5, 5.41) is 0. The van der Waals surface area contributed by atoms with Crippen LogP contribution >= 0.6 is 0 Å². The van der Waals surface area contributed by atoms with Gasteiger partial charge >= 0.3 is 0 Å². The summed E-state index contributed by atoms with van der Waals surface area (Å²) in [5.74, 6) is 0. The number of nitrogens with one attached hydrogen (secondary N) is 2. The van der Waals surface area contributed by atoms with Gasteiger partial charge in [-0.05, 0) is 11.8 Å². The third-order valence-corrected chi connectivity index (χ3v) is 2.01. The number of rotatable bonds is 0. The standard InChI is InChI=1S/C7H16N3O/c1-7(2,3)6-4-5-8-10(11)9-6/h6H,4-5H2,1-3H3,(H2,8,9,11)/q+1. The molecule has 0 aliphatic carbocycles. The predicted molar refractivity (Wildman–Crippen MR) is 42.6 cm³/mol. The Morgan fingerprint density at radius 1 is 1.45 bits per heavy atom. The number of hydrogen-bond donors (Lipinski definition) is 2. The van der Waals surface area contributed by atoms with E-state index >= 15 is 0 Å². The van der Waals surface area contributed by atoms with Gasteiger partial charge in [0.1, 0.15) is 0 Å². The maximum atomic E-state index is 10.8. The molecule has 2 N–H and O–H groups in total. The third kappa shape index (κ3) is 2.06. The third-order valence-electron chi connectivity index (χ3n) is 2.01. The number of hydrogen-bond acceptors (Lipinski definition) is 1. The van der Waals surface area contributed by atoms with E-state index in [-0.39, 0.29) is 11.5 Å². The van der Waals surface area contributed by atoms with Gasteiger partial charge in [0.05, 0.1) is 17.5 Å². The lowest BCUT2D eigenvalue weighted by atomic mass is 9.85. The Morgan fingerprint density at radius 3 is 2.45 bits per heavy atom. The highest BCUT2D eigenvalue weighted by atomic mass is 16.4. The van der Waals surface area contributed by atoms with E-state index in [1.165, 1.54) is 0 Å². The summed E-state index contributed by atoms with van der Waals surface area (Å²) in [7, 11) is 0. The van der Waals surface area contributed by atoms with Crippen LogP contribution in [-0.2, 0) is 0 Å². The first kappa shape index (κ1) is 8.30. The van der Waals surface area contributed by atoms with Crippen LogP contribution in [0.3, 0.4) is 0 Å². The molecule has 0 aromatic heterocycles. The minimum Gasteiger partial charge on any atom is -0.123 e. The molecular weight excluding hydrogens is 142 g/mol. The van der Waals surface area contributed by atoms with Crippen molar-refractivity contribution in [2.24, 2.45) is 5.41 Å². The summed E-state index contributed by atoms with van der Waals surface area (Å²) in [4.78, 5) is 11.5.